The first kappa shape index (κ1) is 9.44. The second-order valence-corrected chi connectivity index (χ2v) is 5.71. The van der Waals surface area contributed by atoms with Gasteiger partial charge in [-0.25, -0.2) is 8.42 Å². The van der Waals surface area contributed by atoms with E-state index in [4.69, 9.17) is 0 Å². The number of sulfone groups is 1. The highest BCUT2D eigenvalue weighted by molar-refractivity contribution is 7.91. The van der Waals surface area contributed by atoms with Crippen molar-refractivity contribution in [2.45, 2.75) is 25.3 Å². The lowest BCUT2D eigenvalue weighted by atomic mass is 9.96. The summed E-state index contributed by atoms with van der Waals surface area (Å²) in [5.74, 6) is -0.102. The van der Waals surface area contributed by atoms with Gasteiger partial charge in [0.2, 0.25) is 5.54 Å². The van der Waals surface area contributed by atoms with Crippen LogP contribution in [0.25, 0.3) is 0 Å². The first-order valence-electron chi connectivity index (χ1n) is 3.71. The fourth-order valence-corrected chi connectivity index (χ4v) is 2.87. The fourth-order valence-electron chi connectivity index (χ4n) is 1.16. The molecular formula is C6H11NO4S. The van der Waals surface area contributed by atoms with Crippen molar-refractivity contribution in [3.63, 3.8) is 0 Å². The topological polar surface area (TPSA) is 77.3 Å². The molecule has 12 heavy (non-hydrogen) atoms. The molecule has 0 bridgehead atoms. The van der Waals surface area contributed by atoms with E-state index in [1.54, 1.807) is 0 Å². The molecule has 0 aliphatic carbocycles. The van der Waals surface area contributed by atoms with Crippen molar-refractivity contribution < 1.29 is 13.3 Å². The van der Waals surface area contributed by atoms with Crippen LogP contribution in [0.3, 0.4) is 0 Å². The lowest BCUT2D eigenvalue weighted by Crippen LogP contribution is -2.42. The van der Waals surface area contributed by atoms with Gasteiger partial charge in [0.15, 0.2) is 9.84 Å². The molecule has 1 rings (SSSR count). The zero-order chi connectivity index (χ0) is 9.41. The summed E-state index contributed by atoms with van der Waals surface area (Å²) >= 11 is 0. The summed E-state index contributed by atoms with van der Waals surface area (Å²) in [6.07, 6.45) is 0.282. The van der Waals surface area contributed by atoms with Gasteiger partial charge in [0.05, 0.1) is 11.5 Å². The van der Waals surface area contributed by atoms with Crippen LogP contribution in [0, 0.1) is 10.1 Å². The van der Waals surface area contributed by atoms with Gasteiger partial charge < -0.3 is 0 Å². The molecule has 0 spiro atoms. The summed E-state index contributed by atoms with van der Waals surface area (Å²) in [5, 5.41) is 10.5. The van der Waals surface area contributed by atoms with Crippen LogP contribution in [-0.4, -0.2) is 30.4 Å². The first-order valence-corrected chi connectivity index (χ1v) is 5.53. The molecule has 70 valence electrons. The van der Waals surface area contributed by atoms with Crippen LogP contribution in [0.15, 0.2) is 0 Å². The van der Waals surface area contributed by atoms with E-state index in [9.17, 15) is 18.5 Å². The van der Waals surface area contributed by atoms with Crippen LogP contribution in [-0.2, 0) is 9.84 Å². The number of hydrogen-bond acceptors (Lipinski definition) is 4. The molecule has 0 amide bonds. The van der Waals surface area contributed by atoms with Crippen molar-refractivity contribution in [1.29, 1.82) is 0 Å². The Labute approximate surface area is 70.8 Å². The Balaban J connectivity index is 2.74. The van der Waals surface area contributed by atoms with Crippen LogP contribution in [0.1, 0.15) is 19.8 Å². The minimum Gasteiger partial charge on any atom is -0.264 e. The van der Waals surface area contributed by atoms with Gasteiger partial charge in [0.1, 0.15) is 0 Å². The molecule has 1 aliphatic rings. The van der Waals surface area contributed by atoms with E-state index in [1.807, 2.05) is 0 Å². The molecule has 0 saturated carbocycles. The third-order valence-electron chi connectivity index (χ3n) is 2.34. The Morgan fingerprint density at radius 1 is 1.33 bits per heavy atom. The third-order valence-corrected chi connectivity index (χ3v) is 4.00. The highest BCUT2D eigenvalue weighted by Gasteiger charge is 2.42. The minimum absolute atomic E-state index is 0.0511. The van der Waals surface area contributed by atoms with Gasteiger partial charge in [-0.15, -0.1) is 0 Å². The second kappa shape index (κ2) is 2.69. The Bertz CT molecular complexity index is 281. The Morgan fingerprint density at radius 2 is 1.75 bits per heavy atom. The monoisotopic (exact) mass is 193 g/mol. The molecule has 0 aromatic heterocycles. The van der Waals surface area contributed by atoms with Crippen molar-refractivity contribution >= 4 is 9.84 Å². The summed E-state index contributed by atoms with van der Waals surface area (Å²) in [5.41, 5.74) is -1.02. The Morgan fingerprint density at radius 3 is 2.08 bits per heavy atom. The van der Waals surface area contributed by atoms with E-state index in [1.165, 1.54) is 6.92 Å². The molecule has 0 atom stereocenters. The first-order chi connectivity index (χ1) is 5.36. The van der Waals surface area contributed by atoms with Crippen molar-refractivity contribution in [2.24, 2.45) is 0 Å². The fraction of sp³-hybridized carbons (Fsp3) is 1.00. The second-order valence-electron chi connectivity index (χ2n) is 3.41. The number of rotatable bonds is 1. The molecule has 0 N–H and O–H groups in total. The molecule has 1 saturated heterocycles. The van der Waals surface area contributed by atoms with Crippen LogP contribution < -0.4 is 0 Å². The quantitative estimate of drug-likeness (QED) is 0.441. The summed E-state index contributed by atoms with van der Waals surface area (Å²) in [6.45, 7) is 1.50. The number of hydrogen-bond donors (Lipinski definition) is 0. The van der Waals surface area contributed by atoms with Crippen molar-refractivity contribution in [1.82, 2.24) is 0 Å². The van der Waals surface area contributed by atoms with Crippen LogP contribution in [0.4, 0.5) is 0 Å². The maximum atomic E-state index is 10.9. The van der Waals surface area contributed by atoms with E-state index in [0.717, 1.165) is 0 Å². The van der Waals surface area contributed by atoms with Gasteiger partial charge in [-0.05, 0) is 0 Å². The normalized spacial score (nSPS) is 26.4. The number of nitrogens with zero attached hydrogens (tertiary/aromatic N) is 1. The molecule has 1 aliphatic heterocycles. The molecule has 1 heterocycles. The summed E-state index contributed by atoms with van der Waals surface area (Å²) in [4.78, 5) is 10.1. The van der Waals surface area contributed by atoms with Gasteiger partial charge >= 0.3 is 0 Å². The van der Waals surface area contributed by atoms with E-state index in [-0.39, 0.29) is 29.3 Å². The summed E-state index contributed by atoms with van der Waals surface area (Å²) in [6, 6.07) is 0. The zero-order valence-corrected chi connectivity index (χ0v) is 7.63. The highest BCUT2D eigenvalue weighted by Crippen LogP contribution is 2.25. The van der Waals surface area contributed by atoms with Gasteiger partial charge in [0, 0.05) is 24.7 Å². The highest BCUT2D eigenvalue weighted by atomic mass is 32.2. The molecule has 6 heteroatoms. The van der Waals surface area contributed by atoms with Crippen LogP contribution in [0.2, 0.25) is 0 Å². The SMILES string of the molecule is CC1([N+](=O)[O-])CCS(=O)(=O)CC1. The summed E-state index contributed by atoms with van der Waals surface area (Å²) in [7, 11) is -2.99. The Hall–Kier alpha value is -0.650. The number of nitro groups is 1. The third kappa shape index (κ3) is 1.74. The van der Waals surface area contributed by atoms with E-state index >= 15 is 0 Å². The van der Waals surface area contributed by atoms with Crippen molar-refractivity contribution in [2.75, 3.05) is 11.5 Å². The smallest absolute Gasteiger partial charge is 0.221 e. The standard InChI is InChI=1S/C6H11NO4S/c1-6(7(8)9)2-4-12(10,11)5-3-6/h2-5H2,1H3. The maximum Gasteiger partial charge on any atom is 0.221 e. The predicted molar refractivity (Wildman–Crippen MR) is 43.3 cm³/mol. The zero-order valence-electron chi connectivity index (χ0n) is 6.82. The lowest BCUT2D eigenvalue weighted by molar-refractivity contribution is -0.566. The molecule has 1 fully saturated rings. The van der Waals surface area contributed by atoms with Gasteiger partial charge in [-0.2, -0.15) is 0 Å². The average Bonchev–Trinajstić information content (AvgIpc) is 1.96. The van der Waals surface area contributed by atoms with Crippen molar-refractivity contribution in [3.05, 3.63) is 10.1 Å². The minimum atomic E-state index is -2.99. The molecule has 0 radical (unpaired) electrons. The molecule has 0 aromatic rings. The lowest BCUT2D eigenvalue weighted by Gasteiger charge is -2.24. The van der Waals surface area contributed by atoms with Crippen LogP contribution in [0.5, 0.6) is 0 Å². The van der Waals surface area contributed by atoms with E-state index in [0.29, 0.717) is 0 Å². The Kier molecular flexibility index (Phi) is 2.11. The predicted octanol–water partition coefficient (Wildman–Crippen LogP) is 0.230. The molecule has 5 nitrogen and oxygen atoms in total. The molecule has 0 unspecified atom stereocenters. The van der Waals surface area contributed by atoms with Gasteiger partial charge in [0.25, 0.3) is 0 Å². The largest absolute Gasteiger partial charge is 0.264 e. The average molecular weight is 193 g/mol. The molecular weight excluding hydrogens is 182 g/mol. The van der Waals surface area contributed by atoms with Crippen LogP contribution >= 0.6 is 0 Å². The van der Waals surface area contributed by atoms with E-state index in [2.05, 4.69) is 0 Å². The maximum absolute atomic E-state index is 10.9. The van der Waals surface area contributed by atoms with E-state index < -0.39 is 15.4 Å². The van der Waals surface area contributed by atoms with Gasteiger partial charge in [-0.3, -0.25) is 10.1 Å². The summed E-state index contributed by atoms with van der Waals surface area (Å²) < 4.78 is 21.9. The molecule has 0 aromatic carbocycles. The van der Waals surface area contributed by atoms with Crippen molar-refractivity contribution in [3.8, 4) is 0 Å². The van der Waals surface area contributed by atoms with Gasteiger partial charge in [-0.1, -0.05) is 0 Å².